The van der Waals surface area contributed by atoms with Crippen LogP contribution in [0.1, 0.15) is 10.4 Å². The predicted octanol–water partition coefficient (Wildman–Crippen LogP) is 4.36. The van der Waals surface area contributed by atoms with Crippen LogP contribution in [-0.2, 0) is 0 Å². The van der Waals surface area contributed by atoms with E-state index in [0.717, 1.165) is 0 Å². The Kier molecular flexibility index (Phi) is 4.47. The highest BCUT2D eigenvalue weighted by atomic mass is 19.1. The zero-order chi connectivity index (χ0) is 16.9. The number of hydrogen-bond donors (Lipinski definition) is 2. The van der Waals surface area contributed by atoms with E-state index in [1.807, 2.05) is 0 Å². The second kappa shape index (κ2) is 6.87. The molecule has 6 heteroatoms. The third-order valence-corrected chi connectivity index (χ3v) is 3.26. The number of carbonyl (C=O) groups excluding carboxylic acids is 1. The number of halogens is 2. The smallest absolute Gasteiger partial charge is 0.256 e. The molecular formula is C18H13F2N3O. The van der Waals surface area contributed by atoms with Gasteiger partial charge < -0.3 is 10.6 Å². The third-order valence-electron chi connectivity index (χ3n) is 3.26. The van der Waals surface area contributed by atoms with Gasteiger partial charge in [-0.2, -0.15) is 0 Å². The van der Waals surface area contributed by atoms with Gasteiger partial charge in [0.1, 0.15) is 17.5 Å². The fraction of sp³-hybridized carbons (Fsp3) is 0. The zero-order valence-electron chi connectivity index (χ0n) is 12.5. The summed E-state index contributed by atoms with van der Waals surface area (Å²) in [5, 5.41) is 5.50. The van der Waals surface area contributed by atoms with Crippen molar-refractivity contribution >= 4 is 23.1 Å². The Morgan fingerprint density at radius 2 is 1.67 bits per heavy atom. The van der Waals surface area contributed by atoms with Crippen molar-refractivity contribution in [3.05, 3.63) is 84.1 Å². The fourth-order valence-corrected chi connectivity index (χ4v) is 2.05. The Labute approximate surface area is 137 Å². The van der Waals surface area contributed by atoms with Gasteiger partial charge in [-0.25, -0.2) is 13.8 Å². The van der Waals surface area contributed by atoms with Crippen molar-refractivity contribution in [3.8, 4) is 0 Å². The van der Waals surface area contributed by atoms with E-state index in [4.69, 9.17) is 0 Å². The van der Waals surface area contributed by atoms with Crippen molar-refractivity contribution in [2.45, 2.75) is 0 Å². The predicted molar refractivity (Wildman–Crippen MR) is 88.3 cm³/mol. The van der Waals surface area contributed by atoms with E-state index < -0.39 is 11.7 Å². The van der Waals surface area contributed by atoms with Crippen LogP contribution in [0.15, 0.2) is 66.9 Å². The molecule has 0 fully saturated rings. The van der Waals surface area contributed by atoms with Crippen LogP contribution in [-0.4, -0.2) is 10.9 Å². The van der Waals surface area contributed by atoms with E-state index in [0.29, 0.717) is 22.8 Å². The van der Waals surface area contributed by atoms with Gasteiger partial charge in [0, 0.05) is 5.56 Å². The molecule has 3 aromatic rings. The Bertz CT molecular complexity index is 849. The van der Waals surface area contributed by atoms with Gasteiger partial charge in [-0.05, 0) is 48.5 Å². The second-order valence-electron chi connectivity index (χ2n) is 5.00. The van der Waals surface area contributed by atoms with Gasteiger partial charge in [-0.15, -0.1) is 0 Å². The minimum absolute atomic E-state index is 0.326. The average Bonchev–Trinajstić information content (AvgIpc) is 2.59. The number of nitrogens with zero attached hydrogens (tertiary/aromatic N) is 1. The van der Waals surface area contributed by atoms with E-state index in [1.165, 1.54) is 36.5 Å². The molecule has 0 radical (unpaired) electrons. The number of rotatable bonds is 4. The summed E-state index contributed by atoms with van der Waals surface area (Å²) >= 11 is 0. The number of pyridine rings is 1. The summed E-state index contributed by atoms with van der Waals surface area (Å²) < 4.78 is 26.4. The number of nitrogens with one attached hydrogen (secondary N) is 2. The SMILES string of the molecule is O=C(Nc1ccc(Nc2ccccc2F)cn1)c1ccc(F)cc1. The minimum atomic E-state index is -0.409. The highest BCUT2D eigenvalue weighted by Gasteiger charge is 2.07. The van der Waals surface area contributed by atoms with E-state index in [1.54, 1.807) is 30.3 Å². The Morgan fingerprint density at radius 3 is 2.33 bits per heavy atom. The Balaban J connectivity index is 1.67. The van der Waals surface area contributed by atoms with Crippen molar-refractivity contribution in [2.24, 2.45) is 0 Å². The largest absolute Gasteiger partial charge is 0.352 e. The second-order valence-corrected chi connectivity index (χ2v) is 5.00. The highest BCUT2D eigenvalue weighted by molar-refractivity contribution is 6.03. The number of carbonyl (C=O) groups is 1. The van der Waals surface area contributed by atoms with Crippen molar-refractivity contribution in [1.82, 2.24) is 4.98 Å². The summed E-state index contributed by atoms with van der Waals surface area (Å²) in [5.74, 6) is -0.833. The molecule has 1 heterocycles. The molecule has 0 aliphatic rings. The van der Waals surface area contributed by atoms with Crippen LogP contribution in [0.2, 0.25) is 0 Å². The lowest BCUT2D eigenvalue weighted by Gasteiger charge is -2.08. The summed E-state index contributed by atoms with van der Waals surface area (Å²) in [4.78, 5) is 16.1. The maximum absolute atomic E-state index is 13.6. The van der Waals surface area contributed by atoms with E-state index in [9.17, 15) is 13.6 Å². The molecule has 2 aromatic carbocycles. The van der Waals surface area contributed by atoms with Gasteiger partial charge in [0.2, 0.25) is 0 Å². The highest BCUT2D eigenvalue weighted by Crippen LogP contribution is 2.19. The number of anilines is 3. The van der Waals surface area contributed by atoms with Crippen LogP contribution in [0.25, 0.3) is 0 Å². The first-order valence-corrected chi connectivity index (χ1v) is 7.16. The number of para-hydroxylation sites is 1. The first-order valence-electron chi connectivity index (χ1n) is 7.16. The third kappa shape index (κ3) is 3.73. The molecule has 0 spiro atoms. The molecule has 0 atom stereocenters. The van der Waals surface area contributed by atoms with Gasteiger partial charge in [0.15, 0.2) is 0 Å². The van der Waals surface area contributed by atoms with Gasteiger partial charge in [-0.1, -0.05) is 12.1 Å². The molecule has 24 heavy (non-hydrogen) atoms. The van der Waals surface area contributed by atoms with Crippen LogP contribution >= 0.6 is 0 Å². The monoisotopic (exact) mass is 325 g/mol. The molecule has 0 bridgehead atoms. The van der Waals surface area contributed by atoms with Crippen molar-refractivity contribution in [1.29, 1.82) is 0 Å². The van der Waals surface area contributed by atoms with Crippen molar-refractivity contribution in [2.75, 3.05) is 10.6 Å². The zero-order valence-corrected chi connectivity index (χ0v) is 12.5. The minimum Gasteiger partial charge on any atom is -0.352 e. The van der Waals surface area contributed by atoms with Crippen LogP contribution in [0.5, 0.6) is 0 Å². The van der Waals surface area contributed by atoms with Crippen molar-refractivity contribution in [3.63, 3.8) is 0 Å². The number of aromatic nitrogens is 1. The molecule has 0 saturated heterocycles. The summed E-state index contributed by atoms with van der Waals surface area (Å²) in [6.07, 6.45) is 1.48. The summed E-state index contributed by atoms with van der Waals surface area (Å²) in [6, 6.07) is 14.7. The van der Waals surface area contributed by atoms with Crippen LogP contribution in [0.3, 0.4) is 0 Å². The fourth-order valence-electron chi connectivity index (χ4n) is 2.05. The molecule has 2 N–H and O–H groups in total. The van der Waals surface area contributed by atoms with Crippen LogP contribution in [0.4, 0.5) is 26.0 Å². The van der Waals surface area contributed by atoms with Crippen molar-refractivity contribution < 1.29 is 13.6 Å². The van der Waals surface area contributed by atoms with Gasteiger partial charge >= 0.3 is 0 Å². The number of hydrogen-bond acceptors (Lipinski definition) is 3. The molecule has 3 rings (SSSR count). The lowest BCUT2D eigenvalue weighted by molar-refractivity contribution is 0.102. The molecule has 0 aliphatic carbocycles. The van der Waals surface area contributed by atoms with E-state index in [2.05, 4.69) is 15.6 Å². The van der Waals surface area contributed by atoms with E-state index >= 15 is 0 Å². The standard InChI is InChI=1S/C18H13F2N3O/c19-13-7-5-12(6-8-13)18(24)23-17-10-9-14(11-21-17)22-16-4-2-1-3-15(16)20/h1-11,22H,(H,21,23,24). The first-order chi connectivity index (χ1) is 11.6. The Morgan fingerprint density at radius 1 is 0.917 bits per heavy atom. The molecule has 1 amide bonds. The van der Waals surface area contributed by atoms with Gasteiger partial charge in [0.25, 0.3) is 5.91 Å². The molecule has 0 unspecified atom stereocenters. The average molecular weight is 325 g/mol. The lowest BCUT2D eigenvalue weighted by atomic mass is 10.2. The van der Waals surface area contributed by atoms with E-state index in [-0.39, 0.29) is 5.82 Å². The summed E-state index contributed by atoms with van der Waals surface area (Å²) in [7, 11) is 0. The summed E-state index contributed by atoms with van der Waals surface area (Å²) in [5.41, 5.74) is 1.24. The number of amides is 1. The van der Waals surface area contributed by atoms with Gasteiger partial charge in [-0.3, -0.25) is 4.79 Å². The molecule has 0 saturated carbocycles. The molecule has 0 aliphatic heterocycles. The van der Waals surface area contributed by atoms with Gasteiger partial charge in [0.05, 0.1) is 17.6 Å². The summed E-state index contributed by atoms with van der Waals surface area (Å²) in [6.45, 7) is 0. The molecular weight excluding hydrogens is 312 g/mol. The molecule has 120 valence electrons. The quantitative estimate of drug-likeness (QED) is 0.749. The normalized spacial score (nSPS) is 10.2. The Hall–Kier alpha value is -3.28. The molecule has 4 nitrogen and oxygen atoms in total. The first kappa shape index (κ1) is 15.6. The maximum atomic E-state index is 13.6. The topological polar surface area (TPSA) is 54.0 Å². The lowest BCUT2D eigenvalue weighted by Crippen LogP contribution is -2.12. The van der Waals surface area contributed by atoms with Crippen LogP contribution < -0.4 is 10.6 Å². The van der Waals surface area contributed by atoms with Crippen LogP contribution in [0, 0.1) is 11.6 Å². The maximum Gasteiger partial charge on any atom is 0.256 e. The molecule has 1 aromatic heterocycles. The number of benzene rings is 2.